The van der Waals surface area contributed by atoms with Crippen LogP contribution in [0.1, 0.15) is 20.3 Å². The van der Waals surface area contributed by atoms with Crippen molar-refractivity contribution < 1.29 is 22.3 Å². The van der Waals surface area contributed by atoms with Gasteiger partial charge >= 0.3 is 0 Å². The van der Waals surface area contributed by atoms with Gasteiger partial charge in [-0.2, -0.15) is 5.10 Å². The van der Waals surface area contributed by atoms with E-state index in [1.807, 2.05) is 13.8 Å². The van der Waals surface area contributed by atoms with Gasteiger partial charge in [-0.05, 0) is 30.5 Å². The van der Waals surface area contributed by atoms with Crippen molar-refractivity contribution in [2.75, 3.05) is 25.2 Å². The second kappa shape index (κ2) is 9.17. The van der Waals surface area contributed by atoms with Gasteiger partial charge in [-0.1, -0.05) is 13.8 Å². The molecule has 1 atom stereocenters. The van der Waals surface area contributed by atoms with Crippen molar-refractivity contribution >= 4 is 15.7 Å². The van der Waals surface area contributed by atoms with Gasteiger partial charge in [-0.25, -0.2) is 17.5 Å². The Bertz CT molecular complexity index is 1130. The van der Waals surface area contributed by atoms with Gasteiger partial charge in [-0.3, -0.25) is 9.59 Å². The van der Waals surface area contributed by atoms with Crippen molar-refractivity contribution in [1.82, 2.24) is 14.7 Å². The minimum atomic E-state index is -3.17. The number of carbonyl (C=O) groups is 1. The number of aromatic nitrogens is 2. The predicted octanol–water partition coefficient (Wildman–Crippen LogP) is 1.73. The zero-order valence-electron chi connectivity index (χ0n) is 17.7. The van der Waals surface area contributed by atoms with E-state index < -0.39 is 27.3 Å². The average Bonchev–Trinajstić information content (AvgIpc) is 3.07. The maximum Gasteiger partial charge on any atom is 0.267 e. The molecule has 8 nitrogen and oxygen atoms in total. The highest BCUT2D eigenvalue weighted by Gasteiger charge is 2.35. The number of benzene rings is 1. The van der Waals surface area contributed by atoms with E-state index in [4.69, 9.17) is 4.74 Å². The number of hydrogen-bond donors (Lipinski definition) is 0. The summed E-state index contributed by atoms with van der Waals surface area (Å²) < 4.78 is 43.6. The molecule has 1 aliphatic heterocycles. The Morgan fingerprint density at radius 3 is 2.68 bits per heavy atom. The molecule has 1 aliphatic rings. The summed E-state index contributed by atoms with van der Waals surface area (Å²) in [5, 5.41) is 4.27. The molecule has 0 N–H and O–H groups in total. The van der Waals surface area contributed by atoms with Crippen LogP contribution in [0.15, 0.2) is 35.1 Å². The van der Waals surface area contributed by atoms with Crippen molar-refractivity contribution in [2.24, 2.45) is 5.92 Å². The van der Waals surface area contributed by atoms with Gasteiger partial charge in [0.15, 0.2) is 9.84 Å². The molecule has 0 radical (unpaired) electrons. The topological polar surface area (TPSA) is 98.6 Å². The van der Waals surface area contributed by atoms with Crippen molar-refractivity contribution in [1.29, 1.82) is 0 Å². The van der Waals surface area contributed by atoms with Crippen molar-refractivity contribution in [3.63, 3.8) is 0 Å². The molecule has 1 fully saturated rings. The highest BCUT2D eigenvalue weighted by Crippen LogP contribution is 2.28. The number of rotatable bonds is 7. The molecule has 1 amide bonds. The molecule has 1 aromatic carbocycles. The lowest BCUT2D eigenvalue weighted by atomic mass is 10.1. The Morgan fingerprint density at radius 1 is 1.32 bits per heavy atom. The van der Waals surface area contributed by atoms with Gasteiger partial charge in [-0.15, -0.1) is 0 Å². The molecule has 10 heteroatoms. The molecule has 0 saturated carbocycles. The quantitative estimate of drug-likeness (QED) is 0.636. The molecule has 3 rings (SSSR count). The first-order chi connectivity index (χ1) is 14.6. The SMILES string of the molecule is COc1cc(F)ccc1-c1ccc(=O)n(CC(=O)N(CC(C)C)C2CCS(=O)(=O)C2)n1. The van der Waals surface area contributed by atoms with Crippen LogP contribution in [-0.4, -0.2) is 60.2 Å². The highest BCUT2D eigenvalue weighted by molar-refractivity contribution is 7.91. The highest BCUT2D eigenvalue weighted by atomic mass is 32.2. The van der Waals surface area contributed by atoms with E-state index in [9.17, 15) is 22.4 Å². The van der Waals surface area contributed by atoms with Crippen LogP contribution in [0.2, 0.25) is 0 Å². The number of carbonyl (C=O) groups excluding carboxylic acids is 1. The van der Waals surface area contributed by atoms with Crippen LogP contribution in [0.3, 0.4) is 0 Å². The second-order valence-corrected chi connectivity index (χ2v) is 10.3. The van der Waals surface area contributed by atoms with E-state index in [0.29, 0.717) is 24.2 Å². The zero-order chi connectivity index (χ0) is 22.8. The molecule has 168 valence electrons. The standard InChI is InChI=1S/C21H26FN3O5S/c1-14(2)11-24(16-8-9-31(28,29)13-16)21(27)12-25-20(26)7-6-18(23-25)17-5-4-15(22)10-19(17)30-3/h4-7,10,14,16H,8-9,11-13H2,1-3H3. The molecule has 1 aromatic heterocycles. The van der Waals surface area contributed by atoms with Crippen molar-refractivity contribution in [3.05, 3.63) is 46.5 Å². The number of amides is 1. The van der Waals surface area contributed by atoms with Crippen LogP contribution in [0, 0.1) is 11.7 Å². The normalized spacial score (nSPS) is 17.6. The van der Waals surface area contributed by atoms with Crippen molar-refractivity contribution in [3.8, 4) is 17.0 Å². The van der Waals surface area contributed by atoms with E-state index in [1.54, 1.807) is 4.90 Å². The monoisotopic (exact) mass is 451 g/mol. The van der Waals surface area contributed by atoms with E-state index in [-0.39, 0.29) is 35.6 Å². The summed E-state index contributed by atoms with van der Waals surface area (Å²) in [4.78, 5) is 27.0. The number of methoxy groups -OCH3 is 1. The summed E-state index contributed by atoms with van der Waals surface area (Å²) in [7, 11) is -1.77. The number of ether oxygens (including phenoxy) is 1. The molecule has 2 aromatic rings. The average molecular weight is 452 g/mol. The summed E-state index contributed by atoms with van der Waals surface area (Å²) in [5.41, 5.74) is 0.357. The lowest BCUT2D eigenvalue weighted by Gasteiger charge is -2.30. The van der Waals surface area contributed by atoms with Crippen LogP contribution in [0.5, 0.6) is 5.75 Å². The Balaban J connectivity index is 1.89. The first-order valence-electron chi connectivity index (χ1n) is 10.0. The van der Waals surface area contributed by atoms with Gasteiger partial charge in [0.25, 0.3) is 5.56 Å². The van der Waals surface area contributed by atoms with E-state index in [1.165, 1.54) is 37.4 Å². The number of halogens is 1. The van der Waals surface area contributed by atoms with E-state index in [0.717, 1.165) is 4.68 Å². The Hall–Kier alpha value is -2.75. The molecular formula is C21H26FN3O5S. The summed E-state index contributed by atoms with van der Waals surface area (Å²) in [6.07, 6.45) is 0.385. The molecule has 0 bridgehead atoms. The molecular weight excluding hydrogens is 425 g/mol. The van der Waals surface area contributed by atoms with Crippen LogP contribution in [0.4, 0.5) is 4.39 Å². The Labute approximate surface area is 180 Å². The lowest BCUT2D eigenvalue weighted by molar-refractivity contribution is -0.134. The first kappa shape index (κ1) is 22.9. The minimum absolute atomic E-state index is 0.0532. The third-order valence-electron chi connectivity index (χ3n) is 5.12. The Kier molecular flexibility index (Phi) is 6.78. The lowest BCUT2D eigenvalue weighted by Crippen LogP contribution is -2.46. The molecule has 0 aliphatic carbocycles. The fourth-order valence-corrected chi connectivity index (χ4v) is 5.40. The van der Waals surface area contributed by atoms with Crippen LogP contribution in [0.25, 0.3) is 11.3 Å². The van der Waals surface area contributed by atoms with Gasteiger partial charge < -0.3 is 9.64 Å². The summed E-state index contributed by atoms with van der Waals surface area (Å²) in [5.74, 6) is -0.472. The van der Waals surface area contributed by atoms with Crippen LogP contribution in [-0.2, 0) is 21.2 Å². The fourth-order valence-electron chi connectivity index (χ4n) is 3.67. The van der Waals surface area contributed by atoms with Crippen LogP contribution >= 0.6 is 0 Å². The van der Waals surface area contributed by atoms with E-state index in [2.05, 4.69) is 5.10 Å². The Morgan fingerprint density at radius 2 is 2.06 bits per heavy atom. The van der Waals surface area contributed by atoms with Gasteiger partial charge in [0.05, 0.1) is 24.3 Å². The summed E-state index contributed by atoms with van der Waals surface area (Å²) in [6.45, 7) is 3.95. The third kappa shape index (κ3) is 5.49. The first-order valence-corrected chi connectivity index (χ1v) is 11.8. The second-order valence-electron chi connectivity index (χ2n) is 8.06. The zero-order valence-corrected chi connectivity index (χ0v) is 18.6. The minimum Gasteiger partial charge on any atom is -0.496 e. The van der Waals surface area contributed by atoms with Crippen LogP contribution < -0.4 is 10.3 Å². The largest absolute Gasteiger partial charge is 0.496 e. The van der Waals surface area contributed by atoms with Gasteiger partial charge in [0.1, 0.15) is 18.1 Å². The molecule has 2 heterocycles. The molecule has 0 spiro atoms. The summed E-state index contributed by atoms with van der Waals surface area (Å²) in [6, 6.07) is 6.31. The molecule has 1 unspecified atom stereocenters. The third-order valence-corrected chi connectivity index (χ3v) is 6.87. The molecule has 31 heavy (non-hydrogen) atoms. The van der Waals surface area contributed by atoms with Gasteiger partial charge in [0.2, 0.25) is 5.91 Å². The molecule has 1 saturated heterocycles. The predicted molar refractivity (Wildman–Crippen MR) is 114 cm³/mol. The summed E-state index contributed by atoms with van der Waals surface area (Å²) >= 11 is 0. The maximum absolute atomic E-state index is 13.5. The maximum atomic E-state index is 13.5. The smallest absolute Gasteiger partial charge is 0.267 e. The van der Waals surface area contributed by atoms with Crippen molar-refractivity contribution in [2.45, 2.75) is 32.9 Å². The fraction of sp³-hybridized carbons (Fsp3) is 0.476. The van der Waals surface area contributed by atoms with E-state index >= 15 is 0 Å². The number of sulfone groups is 1. The number of hydrogen-bond acceptors (Lipinski definition) is 6. The van der Waals surface area contributed by atoms with Gasteiger partial charge in [0, 0.05) is 30.3 Å². The number of nitrogens with zero attached hydrogens (tertiary/aromatic N) is 3.